The molecule has 0 spiro atoms. The molecule has 2 rings (SSSR count). The second-order valence-electron chi connectivity index (χ2n) is 3.56. The molecule has 0 amide bonds. The van der Waals surface area contributed by atoms with Crippen LogP contribution in [0.5, 0.6) is 0 Å². The molecule has 0 atom stereocenters. The van der Waals surface area contributed by atoms with Crippen LogP contribution >= 0.6 is 117 Å². The first-order valence-corrected chi connectivity index (χ1v) is 11.9. The van der Waals surface area contributed by atoms with Gasteiger partial charge in [-0.2, -0.15) is 0 Å². The number of rotatable bonds is 3. The van der Waals surface area contributed by atoms with Crippen molar-refractivity contribution in [1.82, 2.24) is 0 Å². The fourth-order valence-corrected chi connectivity index (χ4v) is 7.49. The van der Waals surface area contributed by atoms with E-state index in [0.29, 0.717) is 0 Å². The van der Waals surface area contributed by atoms with Gasteiger partial charge in [-0.3, -0.25) is 0 Å². The van der Waals surface area contributed by atoms with Gasteiger partial charge in [0.25, 0.3) is 0 Å². The van der Waals surface area contributed by atoms with E-state index in [1.807, 2.05) is 12.1 Å². The highest BCUT2D eigenvalue weighted by molar-refractivity contribution is 9.13. The van der Waals surface area contributed by atoms with Crippen LogP contribution in [-0.4, -0.2) is 0 Å². The van der Waals surface area contributed by atoms with Crippen molar-refractivity contribution < 1.29 is 0 Å². The Morgan fingerprint density at radius 1 is 0.450 bits per heavy atom. The van der Waals surface area contributed by atoms with Crippen LogP contribution in [0.2, 0.25) is 0 Å². The van der Waals surface area contributed by atoms with E-state index in [9.17, 15) is 0 Å². The van der Waals surface area contributed by atoms with Crippen molar-refractivity contribution in [3.63, 3.8) is 0 Å². The standard InChI is InChI=1S/C12H4Br6S2/c13-5-1-9(17)11(3-7(5)15)19-20-12-4-8(16)6(14)2-10(12)18/h1-4H. The average Bonchev–Trinajstić information content (AvgIpc) is 2.37. The summed E-state index contributed by atoms with van der Waals surface area (Å²) >= 11 is 21.2. The van der Waals surface area contributed by atoms with Crippen LogP contribution in [0.15, 0.2) is 60.9 Å². The smallest absolute Gasteiger partial charge is 0.0340 e. The van der Waals surface area contributed by atoms with Gasteiger partial charge in [0, 0.05) is 36.6 Å². The summed E-state index contributed by atoms with van der Waals surface area (Å²) in [5.41, 5.74) is 0. The molecule has 0 heterocycles. The molecule has 0 saturated carbocycles. The van der Waals surface area contributed by atoms with E-state index in [4.69, 9.17) is 0 Å². The minimum absolute atomic E-state index is 1.03. The Morgan fingerprint density at radius 3 is 1.10 bits per heavy atom. The highest BCUT2D eigenvalue weighted by Gasteiger charge is 2.10. The van der Waals surface area contributed by atoms with E-state index in [0.717, 1.165) is 36.6 Å². The lowest BCUT2D eigenvalue weighted by atomic mass is 10.4. The highest BCUT2D eigenvalue weighted by atomic mass is 79.9. The number of halogens is 6. The van der Waals surface area contributed by atoms with Gasteiger partial charge in [0.15, 0.2) is 0 Å². The first kappa shape index (κ1) is 18.4. The second kappa shape index (κ2) is 8.22. The van der Waals surface area contributed by atoms with E-state index in [-0.39, 0.29) is 0 Å². The van der Waals surface area contributed by atoms with E-state index in [2.05, 4.69) is 108 Å². The maximum Gasteiger partial charge on any atom is 0.0340 e. The van der Waals surface area contributed by atoms with Gasteiger partial charge in [-0.05, 0) is 120 Å². The molecule has 0 aromatic heterocycles. The molecule has 0 nitrogen and oxygen atoms in total. The van der Waals surface area contributed by atoms with Crippen LogP contribution < -0.4 is 0 Å². The molecule has 8 heteroatoms. The Morgan fingerprint density at radius 2 is 0.750 bits per heavy atom. The molecule has 0 unspecified atom stereocenters. The second-order valence-corrected chi connectivity index (χ2v) is 10.9. The van der Waals surface area contributed by atoms with Crippen molar-refractivity contribution in [1.29, 1.82) is 0 Å². The zero-order chi connectivity index (χ0) is 14.9. The average molecular weight is 692 g/mol. The van der Waals surface area contributed by atoms with Crippen LogP contribution in [0, 0.1) is 0 Å². The third kappa shape index (κ3) is 4.76. The quantitative estimate of drug-likeness (QED) is 0.233. The monoisotopic (exact) mass is 685 g/mol. The Labute approximate surface area is 175 Å². The van der Waals surface area contributed by atoms with Crippen molar-refractivity contribution in [2.45, 2.75) is 9.79 Å². The summed E-state index contributed by atoms with van der Waals surface area (Å²) in [5.74, 6) is 0. The summed E-state index contributed by atoms with van der Waals surface area (Å²) in [6.07, 6.45) is 0. The first-order valence-electron chi connectivity index (χ1n) is 5.02. The molecule has 2 aromatic carbocycles. The van der Waals surface area contributed by atoms with Gasteiger partial charge in [-0.25, -0.2) is 0 Å². The number of hydrogen-bond donors (Lipinski definition) is 0. The van der Waals surface area contributed by atoms with Crippen LogP contribution in [0.3, 0.4) is 0 Å². The Bertz CT molecular complexity index is 601. The van der Waals surface area contributed by atoms with Gasteiger partial charge in [0.2, 0.25) is 0 Å². The molecule has 2 aromatic rings. The lowest BCUT2D eigenvalue weighted by Crippen LogP contribution is -1.78. The molecule has 0 aliphatic carbocycles. The largest absolute Gasteiger partial charge is 0.0513 e. The van der Waals surface area contributed by atoms with Crippen LogP contribution in [0.25, 0.3) is 0 Å². The maximum absolute atomic E-state index is 3.59. The summed E-state index contributed by atoms with van der Waals surface area (Å²) in [4.78, 5) is 2.33. The van der Waals surface area contributed by atoms with Gasteiger partial charge in [-0.1, -0.05) is 21.6 Å². The predicted octanol–water partition coefficient (Wildman–Crippen LogP) is 9.06. The van der Waals surface area contributed by atoms with Gasteiger partial charge in [-0.15, -0.1) is 0 Å². The minimum atomic E-state index is 1.03. The first-order chi connectivity index (χ1) is 9.38. The summed E-state index contributed by atoms with van der Waals surface area (Å²) < 4.78 is 6.28. The molecule has 0 saturated heterocycles. The van der Waals surface area contributed by atoms with Gasteiger partial charge < -0.3 is 0 Å². The van der Waals surface area contributed by atoms with Gasteiger partial charge >= 0.3 is 0 Å². The third-order valence-electron chi connectivity index (χ3n) is 2.17. The molecule has 0 radical (unpaired) electrons. The van der Waals surface area contributed by atoms with E-state index >= 15 is 0 Å². The minimum Gasteiger partial charge on any atom is -0.0513 e. The van der Waals surface area contributed by atoms with Crippen molar-refractivity contribution in [3.05, 3.63) is 51.1 Å². The highest BCUT2D eigenvalue weighted by Crippen LogP contribution is 2.46. The fraction of sp³-hybridized carbons (Fsp3) is 0. The lowest BCUT2D eigenvalue weighted by Gasteiger charge is -2.08. The van der Waals surface area contributed by atoms with Gasteiger partial charge in [0.05, 0.1) is 0 Å². The Hall–Kier alpha value is 2.02. The van der Waals surface area contributed by atoms with Crippen molar-refractivity contribution in [2.24, 2.45) is 0 Å². The van der Waals surface area contributed by atoms with Crippen molar-refractivity contribution in [3.8, 4) is 0 Å². The zero-order valence-electron chi connectivity index (χ0n) is 9.39. The summed E-state index contributed by atoms with van der Waals surface area (Å²) in [6, 6.07) is 8.26. The molecular formula is C12H4Br6S2. The molecule has 0 aliphatic heterocycles. The van der Waals surface area contributed by atoms with Crippen LogP contribution in [0.4, 0.5) is 0 Å². The summed E-state index contributed by atoms with van der Waals surface area (Å²) in [6.45, 7) is 0. The lowest BCUT2D eigenvalue weighted by molar-refractivity contribution is 1.36. The molecule has 0 aliphatic rings. The van der Waals surface area contributed by atoms with Crippen LogP contribution in [-0.2, 0) is 0 Å². The van der Waals surface area contributed by atoms with Crippen molar-refractivity contribution in [2.75, 3.05) is 0 Å². The molecule has 0 fully saturated rings. The Balaban J connectivity index is 2.21. The molecule has 0 N–H and O–H groups in total. The number of hydrogen-bond acceptors (Lipinski definition) is 2. The fourth-order valence-electron chi connectivity index (χ4n) is 1.23. The Kier molecular flexibility index (Phi) is 7.54. The molecule has 20 heavy (non-hydrogen) atoms. The van der Waals surface area contributed by atoms with E-state index in [1.54, 1.807) is 21.6 Å². The molecule has 0 bridgehead atoms. The third-order valence-corrected chi connectivity index (χ3v) is 10.1. The summed E-state index contributed by atoms with van der Waals surface area (Å²) in [7, 11) is 3.41. The maximum atomic E-state index is 3.59. The summed E-state index contributed by atoms with van der Waals surface area (Å²) in [5, 5.41) is 0. The van der Waals surface area contributed by atoms with Gasteiger partial charge in [0.1, 0.15) is 0 Å². The topological polar surface area (TPSA) is 0 Å². The SMILES string of the molecule is Brc1cc(Br)c(SSc2cc(Br)c(Br)cc2Br)cc1Br. The van der Waals surface area contributed by atoms with Crippen molar-refractivity contribution >= 4 is 117 Å². The van der Waals surface area contributed by atoms with Crippen LogP contribution in [0.1, 0.15) is 0 Å². The van der Waals surface area contributed by atoms with E-state index < -0.39 is 0 Å². The number of benzene rings is 2. The molecule has 106 valence electrons. The molecular weight excluding hydrogens is 688 g/mol. The zero-order valence-corrected chi connectivity index (χ0v) is 20.5. The normalized spacial score (nSPS) is 10.9. The predicted molar refractivity (Wildman–Crippen MR) is 111 cm³/mol. The van der Waals surface area contributed by atoms with E-state index in [1.165, 1.54) is 0 Å².